The molecular formula is C16H20ClN3OS. The van der Waals surface area contributed by atoms with Gasteiger partial charge in [0, 0.05) is 42.9 Å². The van der Waals surface area contributed by atoms with E-state index in [1.807, 2.05) is 17.0 Å². The Morgan fingerprint density at radius 3 is 2.64 bits per heavy atom. The fraction of sp³-hybridized carbons (Fsp3) is 0.438. The molecule has 4 nitrogen and oxygen atoms in total. The van der Waals surface area contributed by atoms with Crippen molar-refractivity contribution in [1.82, 2.24) is 14.8 Å². The number of thiophene rings is 1. The number of aromatic nitrogens is 1. The molecule has 0 radical (unpaired) electrons. The molecule has 3 heterocycles. The molecule has 3 rings (SSSR count). The Kier molecular flexibility index (Phi) is 5.05. The number of nitrogens with zero attached hydrogens (tertiary/aromatic N) is 2. The third-order valence-electron chi connectivity index (χ3n) is 4.08. The summed E-state index contributed by atoms with van der Waals surface area (Å²) in [6, 6.07) is 8.59. The molecule has 0 spiro atoms. The Morgan fingerprint density at radius 2 is 2.00 bits per heavy atom. The zero-order valence-electron chi connectivity index (χ0n) is 12.4. The van der Waals surface area contributed by atoms with Gasteiger partial charge in [0.1, 0.15) is 0 Å². The van der Waals surface area contributed by atoms with Gasteiger partial charge >= 0.3 is 6.03 Å². The highest BCUT2D eigenvalue weighted by molar-refractivity contribution is 7.16. The maximum Gasteiger partial charge on any atom is 0.317 e. The van der Waals surface area contributed by atoms with E-state index in [0.29, 0.717) is 12.6 Å². The lowest BCUT2D eigenvalue weighted by molar-refractivity contribution is 0.172. The molecule has 0 saturated carbocycles. The first-order valence-electron chi connectivity index (χ1n) is 7.62. The molecular weight excluding hydrogens is 318 g/mol. The van der Waals surface area contributed by atoms with Gasteiger partial charge in [-0.25, -0.2) is 4.79 Å². The standard InChI is InChI=1S/C16H20ClN3OS/c17-15-4-3-14(22-15)5-8-18-16(21)20-11-6-13(7-12-20)19-9-1-2-10-19/h1-4,9-10,13H,5-8,11-12H2,(H,18,21). The molecule has 1 saturated heterocycles. The molecule has 1 N–H and O–H groups in total. The normalized spacial score (nSPS) is 16.0. The van der Waals surface area contributed by atoms with Gasteiger partial charge in [0.25, 0.3) is 0 Å². The molecule has 1 aliphatic rings. The largest absolute Gasteiger partial charge is 0.351 e. The van der Waals surface area contributed by atoms with Crippen LogP contribution >= 0.6 is 22.9 Å². The molecule has 1 fully saturated rings. The van der Waals surface area contributed by atoms with Crippen LogP contribution in [0.1, 0.15) is 23.8 Å². The lowest BCUT2D eigenvalue weighted by Crippen LogP contribution is -2.45. The smallest absolute Gasteiger partial charge is 0.317 e. The fourth-order valence-electron chi connectivity index (χ4n) is 2.85. The number of urea groups is 1. The zero-order chi connectivity index (χ0) is 15.4. The Morgan fingerprint density at radius 1 is 1.27 bits per heavy atom. The van der Waals surface area contributed by atoms with Crippen molar-refractivity contribution in [3.05, 3.63) is 45.9 Å². The number of nitrogens with one attached hydrogen (secondary N) is 1. The number of amides is 2. The van der Waals surface area contributed by atoms with Crippen LogP contribution in [0.2, 0.25) is 4.34 Å². The average molecular weight is 338 g/mol. The van der Waals surface area contributed by atoms with E-state index in [-0.39, 0.29) is 6.03 Å². The van der Waals surface area contributed by atoms with Gasteiger partial charge < -0.3 is 14.8 Å². The Balaban J connectivity index is 1.40. The SMILES string of the molecule is O=C(NCCc1ccc(Cl)s1)N1CCC(n2cccc2)CC1. The minimum absolute atomic E-state index is 0.0496. The Bertz CT molecular complexity index is 603. The minimum Gasteiger partial charge on any atom is -0.351 e. The van der Waals surface area contributed by atoms with Crippen molar-refractivity contribution >= 4 is 29.0 Å². The van der Waals surface area contributed by atoms with Crippen molar-refractivity contribution in [2.24, 2.45) is 0 Å². The summed E-state index contributed by atoms with van der Waals surface area (Å²) < 4.78 is 3.05. The molecule has 22 heavy (non-hydrogen) atoms. The number of hydrogen-bond acceptors (Lipinski definition) is 2. The van der Waals surface area contributed by atoms with Crippen LogP contribution in [0.15, 0.2) is 36.7 Å². The molecule has 1 aliphatic heterocycles. The number of carbonyl (C=O) groups is 1. The maximum absolute atomic E-state index is 12.2. The van der Waals surface area contributed by atoms with Gasteiger partial charge in [-0.2, -0.15) is 0 Å². The Labute approximate surface area is 139 Å². The number of hydrogen-bond donors (Lipinski definition) is 1. The number of halogens is 1. The molecule has 2 aromatic rings. The number of rotatable bonds is 4. The summed E-state index contributed by atoms with van der Waals surface area (Å²) in [5, 5.41) is 3.00. The van der Waals surface area contributed by atoms with Gasteiger partial charge in [0.05, 0.1) is 4.34 Å². The molecule has 0 aromatic carbocycles. The van der Waals surface area contributed by atoms with E-state index in [2.05, 4.69) is 34.4 Å². The molecule has 6 heteroatoms. The van der Waals surface area contributed by atoms with E-state index in [4.69, 9.17) is 11.6 Å². The van der Waals surface area contributed by atoms with Crippen LogP contribution in [0.4, 0.5) is 4.79 Å². The second-order valence-electron chi connectivity index (χ2n) is 5.54. The molecule has 0 bridgehead atoms. The summed E-state index contributed by atoms with van der Waals surface area (Å²) in [7, 11) is 0. The predicted octanol–water partition coefficient (Wildman–Crippen LogP) is 3.79. The first-order valence-corrected chi connectivity index (χ1v) is 8.81. The van der Waals surface area contributed by atoms with Crippen molar-refractivity contribution in [2.75, 3.05) is 19.6 Å². The predicted molar refractivity (Wildman–Crippen MR) is 90.7 cm³/mol. The highest BCUT2D eigenvalue weighted by Gasteiger charge is 2.22. The topological polar surface area (TPSA) is 37.3 Å². The van der Waals surface area contributed by atoms with E-state index in [1.165, 1.54) is 4.88 Å². The van der Waals surface area contributed by atoms with E-state index in [9.17, 15) is 4.79 Å². The van der Waals surface area contributed by atoms with Crippen LogP contribution in [-0.2, 0) is 6.42 Å². The van der Waals surface area contributed by atoms with Gasteiger partial charge in [0.2, 0.25) is 0 Å². The van der Waals surface area contributed by atoms with Crippen LogP contribution in [0, 0.1) is 0 Å². The van der Waals surface area contributed by atoms with Gasteiger partial charge in [-0.3, -0.25) is 0 Å². The average Bonchev–Trinajstić information content (AvgIpc) is 3.19. The zero-order valence-corrected chi connectivity index (χ0v) is 13.9. The minimum atomic E-state index is 0.0496. The summed E-state index contributed by atoms with van der Waals surface area (Å²) in [5.74, 6) is 0. The highest BCUT2D eigenvalue weighted by Crippen LogP contribution is 2.23. The quantitative estimate of drug-likeness (QED) is 0.905. The highest BCUT2D eigenvalue weighted by atomic mass is 35.5. The van der Waals surface area contributed by atoms with Crippen molar-refractivity contribution in [3.8, 4) is 0 Å². The summed E-state index contributed by atoms with van der Waals surface area (Å²) in [6.45, 7) is 2.30. The van der Waals surface area contributed by atoms with Gasteiger partial charge in [-0.1, -0.05) is 11.6 Å². The second kappa shape index (κ2) is 7.20. The summed E-state index contributed by atoms with van der Waals surface area (Å²) >= 11 is 7.47. The lowest BCUT2D eigenvalue weighted by Gasteiger charge is -2.32. The molecule has 2 aromatic heterocycles. The molecule has 0 atom stereocenters. The van der Waals surface area contributed by atoms with Crippen LogP contribution in [0.3, 0.4) is 0 Å². The Hall–Kier alpha value is -1.46. The summed E-state index contributed by atoms with van der Waals surface area (Å²) in [5.41, 5.74) is 0. The summed E-state index contributed by atoms with van der Waals surface area (Å²) in [4.78, 5) is 15.3. The third-order valence-corrected chi connectivity index (χ3v) is 5.37. The van der Waals surface area contributed by atoms with Crippen molar-refractivity contribution < 1.29 is 4.79 Å². The van der Waals surface area contributed by atoms with Gasteiger partial charge in [-0.05, 0) is 43.5 Å². The van der Waals surface area contributed by atoms with Crippen LogP contribution in [0.25, 0.3) is 0 Å². The van der Waals surface area contributed by atoms with Gasteiger partial charge in [0.15, 0.2) is 0 Å². The van der Waals surface area contributed by atoms with Crippen molar-refractivity contribution in [3.63, 3.8) is 0 Å². The van der Waals surface area contributed by atoms with Crippen LogP contribution in [-0.4, -0.2) is 35.1 Å². The van der Waals surface area contributed by atoms with E-state index in [1.54, 1.807) is 11.3 Å². The molecule has 2 amide bonds. The van der Waals surface area contributed by atoms with Crippen molar-refractivity contribution in [1.29, 1.82) is 0 Å². The monoisotopic (exact) mass is 337 g/mol. The first-order chi connectivity index (χ1) is 10.7. The molecule has 0 aliphatic carbocycles. The van der Waals surface area contributed by atoms with Crippen LogP contribution < -0.4 is 5.32 Å². The molecule has 118 valence electrons. The van der Waals surface area contributed by atoms with Crippen molar-refractivity contribution in [2.45, 2.75) is 25.3 Å². The van der Waals surface area contributed by atoms with E-state index < -0.39 is 0 Å². The first kappa shape index (κ1) is 15.4. The number of carbonyl (C=O) groups excluding carboxylic acids is 1. The fourth-order valence-corrected chi connectivity index (χ4v) is 3.94. The number of likely N-dealkylation sites (tertiary alicyclic amines) is 1. The third kappa shape index (κ3) is 3.84. The second-order valence-corrected chi connectivity index (χ2v) is 7.34. The number of piperidine rings is 1. The van der Waals surface area contributed by atoms with E-state index in [0.717, 1.165) is 36.7 Å². The van der Waals surface area contributed by atoms with E-state index >= 15 is 0 Å². The maximum atomic E-state index is 12.2. The summed E-state index contributed by atoms with van der Waals surface area (Å²) in [6.07, 6.45) is 7.08. The lowest BCUT2D eigenvalue weighted by atomic mass is 10.1. The van der Waals surface area contributed by atoms with Gasteiger partial charge in [-0.15, -0.1) is 11.3 Å². The molecule has 0 unspecified atom stereocenters. The van der Waals surface area contributed by atoms with Crippen LogP contribution in [0.5, 0.6) is 0 Å².